The van der Waals surface area contributed by atoms with Crippen molar-refractivity contribution in [3.63, 3.8) is 0 Å². The van der Waals surface area contributed by atoms with Crippen molar-refractivity contribution in [1.29, 1.82) is 0 Å². The van der Waals surface area contributed by atoms with Crippen molar-refractivity contribution in [2.24, 2.45) is 0 Å². The standard InChI is InChI=1S/C14H10ClF3O/c1-9-10(6-4-7-12(9)15)11-5-2-3-8-13(11)19-14(16,17)18/h2-8H,1H3. The summed E-state index contributed by atoms with van der Waals surface area (Å²) in [6, 6.07) is 11.1. The third kappa shape index (κ3) is 3.20. The Morgan fingerprint density at radius 3 is 2.26 bits per heavy atom. The van der Waals surface area contributed by atoms with Gasteiger partial charge in [0.15, 0.2) is 0 Å². The molecule has 0 saturated carbocycles. The van der Waals surface area contributed by atoms with Gasteiger partial charge in [0.05, 0.1) is 0 Å². The third-order valence-electron chi connectivity index (χ3n) is 2.67. The van der Waals surface area contributed by atoms with Gasteiger partial charge in [-0.3, -0.25) is 0 Å². The first kappa shape index (κ1) is 13.7. The minimum atomic E-state index is -4.72. The lowest BCUT2D eigenvalue weighted by Crippen LogP contribution is -2.17. The van der Waals surface area contributed by atoms with Crippen molar-refractivity contribution in [1.82, 2.24) is 0 Å². The van der Waals surface area contributed by atoms with Gasteiger partial charge in [0.25, 0.3) is 0 Å². The van der Waals surface area contributed by atoms with Gasteiger partial charge >= 0.3 is 6.36 Å². The maximum atomic E-state index is 12.4. The van der Waals surface area contributed by atoms with E-state index in [4.69, 9.17) is 11.6 Å². The Kier molecular flexibility index (Phi) is 3.71. The Balaban J connectivity index is 2.54. The predicted molar refractivity (Wildman–Crippen MR) is 68.3 cm³/mol. The summed E-state index contributed by atoms with van der Waals surface area (Å²) in [6.45, 7) is 1.75. The highest BCUT2D eigenvalue weighted by Crippen LogP contribution is 2.36. The molecule has 0 unspecified atom stereocenters. The first-order chi connectivity index (χ1) is 8.88. The lowest BCUT2D eigenvalue weighted by Gasteiger charge is -2.15. The molecule has 0 spiro atoms. The van der Waals surface area contributed by atoms with Gasteiger partial charge in [0.2, 0.25) is 0 Å². The first-order valence-electron chi connectivity index (χ1n) is 5.49. The number of ether oxygens (including phenoxy) is 1. The second-order valence-electron chi connectivity index (χ2n) is 3.96. The Morgan fingerprint density at radius 1 is 0.947 bits per heavy atom. The van der Waals surface area contributed by atoms with E-state index in [0.717, 1.165) is 0 Å². The van der Waals surface area contributed by atoms with Crippen LogP contribution in [0.3, 0.4) is 0 Å². The molecule has 100 valence electrons. The molecule has 1 nitrogen and oxygen atoms in total. The van der Waals surface area contributed by atoms with E-state index in [1.807, 2.05) is 0 Å². The summed E-state index contributed by atoms with van der Waals surface area (Å²) in [7, 11) is 0. The van der Waals surface area contributed by atoms with Crippen LogP contribution >= 0.6 is 11.6 Å². The number of para-hydroxylation sites is 1. The van der Waals surface area contributed by atoms with Crippen molar-refractivity contribution in [2.45, 2.75) is 13.3 Å². The van der Waals surface area contributed by atoms with Crippen LogP contribution in [0.1, 0.15) is 5.56 Å². The molecular weight excluding hydrogens is 277 g/mol. The summed E-state index contributed by atoms with van der Waals surface area (Å²) >= 11 is 5.99. The van der Waals surface area contributed by atoms with Gasteiger partial charge in [0, 0.05) is 10.6 Å². The second-order valence-corrected chi connectivity index (χ2v) is 4.36. The Morgan fingerprint density at radius 2 is 1.58 bits per heavy atom. The lowest BCUT2D eigenvalue weighted by molar-refractivity contribution is -0.274. The van der Waals surface area contributed by atoms with E-state index in [0.29, 0.717) is 21.7 Å². The van der Waals surface area contributed by atoms with Crippen molar-refractivity contribution in [3.05, 3.63) is 53.1 Å². The number of hydrogen-bond acceptors (Lipinski definition) is 1. The molecular formula is C14H10ClF3O. The molecule has 0 radical (unpaired) electrons. The summed E-state index contributed by atoms with van der Waals surface area (Å²) in [5, 5.41) is 0.499. The molecule has 0 N–H and O–H groups in total. The monoisotopic (exact) mass is 286 g/mol. The van der Waals surface area contributed by atoms with E-state index in [9.17, 15) is 13.2 Å². The molecule has 0 aliphatic heterocycles. The van der Waals surface area contributed by atoms with Gasteiger partial charge in [0.1, 0.15) is 5.75 Å². The molecule has 2 aromatic rings. The average Bonchev–Trinajstić information content (AvgIpc) is 2.32. The minimum absolute atomic E-state index is 0.236. The van der Waals surface area contributed by atoms with E-state index >= 15 is 0 Å². The summed E-state index contributed by atoms with van der Waals surface area (Å²) in [5.74, 6) is -0.236. The first-order valence-corrected chi connectivity index (χ1v) is 5.86. The van der Waals surface area contributed by atoms with Gasteiger partial charge in [-0.15, -0.1) is 13.2 Å². The van der Waals surface area contributed by atoms with E-state index in [2.05, 4.69) is 4.74 Å². The van der Waals surface area contributed by atoms with Crippen LogP contribution < -0.4 is 4.74 Å². The molecule has 5 heteroatoms. The van der Waals surface area contributed by atoms with Crippen LogP contribution in [0, 0.1) is 6.92 Å². The molecule has 19 heavy (non-hydrogen) atoms. The van der Waals surface area contributed by atoms with Crippen LogP contribution in [-0.4, -0.2) is 6.36 Å². The molecule has 2 aromatic carbocycles. The fourth-order valence-electron chi connectivity index (χ4n) is 1.80. The van der Waals surface area contributed by atoms with Gasteiger partial charge < -0.3 is 4.74 Å². The van der Waals surface area contributed by atoms with Crippen LogP contribution in [-0.2, 0) is 0 Å². The van der Waals surface area contributed by atoms with Gasteiger partial charge in [-0.2, -0.15) is 0 Å². The zero-order valence-electron chi connectivity index (χ0n) is 9.96. The lowest BCUT2D eigenvalue weighted by atomic mass is 10.00. The number of alkyl halides is 3. The molecule has 0 atom stereocenters. The van der Waals surface area contributed by atoms with Crippen LogP contribution in [0.5, 0.6) is 5.75 Å². The van der Waals surface area contributed by atoms with E-state index in [1.165, 1.54) is 12.1 Å². The summed E-state index contributed by atoms with van der Waals surface area (Å²) < 4.78 is 41.1. The highest BCUT2D eigenvalue weighted by Gasteiger charge is 2.32. The Labute approximate surface area is 113 Å². The van der Waals surface area contributed by atoms with Crippen molar-refractivity contribution in [2.75, 3.05) is 0 Å². The highest BCUT2D eigenvalue weighted by atomic mass is 35.5. The maximum Gasteiger partial charge on any atom is 0.573 e. The quantitative estimate of drug-likeness (QED) is 0.736. The third-order valence-corrected chi connectivity index (χ3v) is 3.08. The van der Waals surface area contributed by atoms with Gasteiger partial charge in [-0.25, -0.2) is 0 Å². The molecule has 0 amide bonds. The Bertz CT molecular complexity index is 593. The van der Waals surface area contributed by atoms with E-state index in [1.54, 1.807) is 37.3 Å². The fraction of sp³-hybridized carbons (Fsp3) is 0.143. The molecule has 0 aliphatic rings. The summed E-state index contributed by atoms with van der Waals surface area (Å²) in [5.41, 5.74) is 1.69. The van der Waals surface area contributed by atoms with Crippen LogP contribution in [0.2, 0.25) is 5.02 Å². The minimum Gasteiger partial charge on any atom is -0.405 e. The number of halogens is 4. The maximum absolute atomic E-state index is 12.4. The summed E-state index contributed by atoms with van der Waals surface area (Å²) in [4.78, 5) is 0. The highest BCUT2D eigenvalue weighted by molar-refractivity contribution is 6.31. The van der Waals surface area contributed by atoms with Crippen molar-refractivity contribution >= 4 is 11.6 Å². The van der Waals surface area contributed by atoms with Gasteiger partial charge in [-0.1, -0.05) is 41.9 Å². The fourth-order valence-corrected chi connectivity index (χ4v) is 1.98. The van der Waals surface area contributed by atoms with Crippen molar-refractivity contribution < 1.29 is 17.9 Å². The normalized spacial score (nSPS) is 11.4. The van der Waals surface area contributed by atoms with Crippen LogP contribution in [0.4, 0.5) is 13.2 Å². The largest absolute Gasteiger partial charge is 0.573 e. The van der Waals surface area contributed by atoms with Gasteiger partial charge in [-0.05, 0) is 30.2 Å². The molecule has 0 fully saturated rings. The molecule has 0 bridgehead atoms. The van der Waals surface area contributed by atoms with E-state index < -0.39 is 6.36 Å². The van der Waals surface area contributed by atoms with Crippen LogP contribution in [0.25, 0.3) is 11.1 Å². The molecule has 0 aromatic heterocycles. The molecule has 0 saturated heterocycles. The number of rotatable bonds is 2. The molecule has 2 rings (SSSR count). The average molecular weight is 287 g/mol. The summed E-state index contributed by atoms with van der Waals surface area (Å²) in [6.07, 6.45) is -4.72. The second kappa shape index (κ2) is 5.13. The van der Waals surface area contributed by atoms with E-state index in [-0.39, 0.29) is 5.75 Å². The number of benzene rings is 2. The Hall–Kier alpha value is -1.68. The zero-order chi connectivity index (χ0) is 14.0. The molecule has 0 heterocycles. The van der Waals surface area contributed by atoms with Crippen molar-refractivity contribution in [3.8, 4) is 16.9 Å². The topological polar surface area (TPSA) is 9.23 Å². The molecule has 0 aliphatic carbocycles. The predicted octanol–water partition coefficient (Wildman–Crippen LogP) is 5.21. The zero-order valence-corrected chi connectivity index (χ0v) is 10.7. The SMILES string of the molecule is Cc1c(Cl)cccc1-c1ccccc1OC(F)(F)F. The smallest absolute Gasteiger partial charge is 0.405 e. The van der Waals surface area contributed by atoms with Crippen LogP contribution in [0.15, 0.2) is 42.5 Å². The number of hydrogen-bond donors (Lipinski definition) is 0.